The molecule has 0 saturated heterocycles. The van der Waals surface area contributed by atoms with Crippen LogP contribution in [0.5, 0.6) is 0 Å². The highest BCUT2D eigenvalue weighted by Crippen LogP contribution is 2.09. The van der Waals surface area contributed by atoms with Gasteiger partial charge < -0.3 is 10.2 Å². The third-order valence-corrected chi connectivity index (χ3v) is 1.40. The van der Waals surface area contributed by atoms with E-state index in [0.717, 1.165) is 10.8 Å². The molecule has 2 N–H and O–H groups in total. The molecule has 0 rings (SSSR count). The fraction of sp³-hybridized carbons (Fsp3) is 1.00. The molecule has 0 spiro atoms. The van der Waals surface area contributed by atoms with Crippen molar-refractivity contribution in [3.05, 3.63) is 0 Å². The molecule has 0 amide bonds. The van der Waals surface area contributed by atoms with Crippen LogP contribution in [0.15, 0.2) is 0 Å². The third kappa shape index (κ3) is 2.84. The lowest BCUT2D eigenvalue weighted by Gasteiger charge is -1.96. The summed E-state index contributed by atoms with van der Waals surface area (Å²) in [5.74, 6) is 0. The van der Waals surface area contributed by atoms with Crippen LogP contribution in [-0.2, 0) is 0 Å². The maximum absolute atomic E-state index is 8.30. The minimum absolute atomic E-state index is 0.228. The molecule has 0 aromatic heterocycles. The molecule has 1 atom stereocenters. The minimum Gasteiger partial charge on any atom is -0.393 e. The van der Waals surface area contributed by atoms with Crippen molar-refractivity contribution in [3.63, 3.8) is 0 Å². The molecule has 0 aliphatic carbocycles. The van der Waals surface area contributed by atoms with Gasteiger partial charge in [0.1, 0.15) is 5.44 Å². The molecule has 0 bridgehead atoms. The smallest absolute Gasteiger partial charge is 0.132 e. The van der Waals surface area contributed by atoms with Crippen LogP contribution in [0, 0.1) is 0 Å². The Labute approximate surface area is 45.4 Å². The van der Waals surface area contributed by atoms with Gasteiger partial charge in [0, 0.05) is 0 Å². The Morgan fingerprint density at radius 3 is 2.33 bits per heavy atom. The van der Waals surface area contributed by atoms with Gasteiger partial charge in [0.2, 0.25) is 0 Å². The second-order valence-electron chi connectivity index (χ2n) is 0.743. The molecule has 0 aromatic rings. The number of rotatable bonds is 2. The molecular weight excluding hydrogens is 120 g/mol. The van der Waals surface area contributed by atoms with Crippen molar-refractivity contribution in [3.8, 4) is 0 Å². The molecular formula is C2H6O2S2. The molecule has 38 valence electrons. The van der Waals surface area contributed by atoms with Gasteiger partial charge in [-0.2, -0.15) is 0 Å². The first kappa shape index (κ1) is 6.62. The number of aliphatic hydroxyl groups excluding tert-OH is 2. The predicted molar refractivity (Wildman–Crippen MR) is 29.7 cm³/mol. The fourth-order valence-corrected chi connectivity index (χ4v) is 0.300. The van der Waals surface area contributed by atoms with Gasteiger partial charge in [0.05, 0.1) is 6.61 Å². The van der Waals surface area contributed by atoms with Gasteiger partial charge in [-0.05, 0) is 0 Å². The highest BCUT2D eigenvalue weighted by atomic mass is 33.1. The Balaban J connectivity index is 2.75. The normalized spacial score (nSPS) is 14.5. The number of thiol groups is 1. The summed E-state index contributed by atoms with van der Waals surface area (Å²) in [4.78, 5) is 0. The summed E-state index contributed by atoms with van der Waals surface area (Å²) in [7, 11) is 0.925. The summed E-state index contributed by atoms with van der Waals surface area (Å²) < 4.78 is 0. The van der Waals surface area contributed by atoms with E-state index in [1.54, 1.807) is 0 Å². The van der Waals surface area contributed by atoms with E-state index in [0.29, 0.717) is 0 Å². The zero-order valence-corrected chi connectivity index (χ0v) is 4.75. The van der Waals surface area contributed by atoms with Crippen LogP contribution in [0.3, 0.4) is 0 Å². The first-order valence-corrected chi connectivity index (χ1v) is 3.33. The van der Waals surface area contributed by atoms with Crippen LogP contribution in [0.1, 0.15) is 0 Å². The average Bonchev–Trinajstić information content (AvgIpc) is 1.65. The van der Waals surface area contributed by atoms with E-state index < -0.39 is 5.44 Å². The quantitative estimate of drug-likeness (QED) is 0.274. The van der Waals surface area contributed by atoms with Crippen LogP contribution in [-0.4, -0.2) is 22.3 Å². The van der Waals surface area contributed by atoms with Crippen LogP contribution in [0.4, 0.5) is 0 Å². The van der Waals surface area contributed by atoms with Crippen molar-refractivity contribution >= 4 is 22.5 Å². The Kier molecular flexibility index (Phi) is 4.19. The van der Waals surface area contributed by atoms with Crippen LogP contribution >= 0.6 is 22.5 Å². The van der Waals surface area contributed by atoms with Gasteiger partial charge in [0.25, 0.3) is 0 Å². The second kappa shape index (κ2) is 3.80. The van der Waals surface area contributed by atoms with Crippen LogP contribution < -0.4 is 0 Å². The lowest BCUT2D eigenvalue weighted by atomic mass is 10.8. The van der Waals surface area contributed by atoms with E-state index in [-0.39, 0.29) is 6.61 Å². The molecule has 2 nitrogen and oxygen atoms in total. The summed E-state index contributed by atoms with van der Waals surface area (Å²) in [5.41, 5.74) is -0.728. The Morgan fingerprint density at radius 1 is 1.83 bits per heavy atom. The topological polar surface area (TPSA) is 40.5 Å². The monoisotopic (exact) mass is 126 g/mol. The van der Waals surface area contributed by atoms with Gasteiger partial charge in [-0.3, -0.25) is 0 Å². The van der Waals surface area contributed by atoms with E-state index >= 15 is 0 Å². The number of hydrogen-bond acceptors (Lipinski definition) is 4. The maximum atomic E-state index is 8.30. The molecule has 4 heteroatoms. The Morgan fingerprint density at radius 2 is 2.33 bits per heavy atom. The molecule has 1 unspecified atom stereocenters. The van der Waals surface area contributed by atoms with Crippen molar-refractivity contribution in [1.82, 2.24) is 0 Å². The average molecular weight is 126 g/mol. The molecule has 0 aliphatic rings. The van der Waals surface area contributed by atoms with E-state index in [2.05, 4.69) is 11.7 Å². The molecule has 0 radical (unpaired) electrons. The van der Waals surface area contributed by atoms with E-state index in [9.17, 15) is 0 Å². The van der Waals surface area contributed by atoms with Crippen molar-refractivity contribution in [2.75, 3.05) is 6.61 Å². The Hall–Kier alpha value is 0.620. The van der Waals surface area contributed by atoms with Crippen LogP contribution in [0.25, 0.3) is 0 Å². The highest BCUT2D eigenvalue weighted by Gasteiger charge is 1.93. The number of hydrogen-bond donors (Lipinski definition) is 3. The third-order valence-electron chi connectivity index (χ3n) is 0.278. The number of aliphatic hydroxyl groups is 2. The Bertz CT molecular complexity index is 28.7. The molecule has 0 aromatic carbocycles. The van der Waals surface area contributed by atoms with Gasteiger partial charge >= 0.3 is 0 Å². The summed E-state index contributed by atoms with van der Waals surface area (Å²) in [6.45, 7) is -0.228. The lowest BCUT2D eigenvalue weighted by Crippen LogP contribution is -2.02. The second-order valence-corrected chi connectivity index (χ2v) is 2.13. The molecule has 0 saturated carbocycles. The van der Waals surface area contributed by atoms with Gasteiger partial charge in [-0.15, -0.1) is 11.7 Å². The zero-order chi connectivity index (χ0) is 4.99. The van der Waals surface area contributed by atoms with Crippen molar-refractivity contribution < 1.29 is 10.2 Å². The standard InChI is InChI=1S/C2H6O2S2/c3-1-2(4)6-5/h2-5H,1H2. The van der Waals surface area contributed by atoms with Crippen molar-refractivity contribution in [2.45, 2.75) is 5.44 Å². The summed E-state index contributed by atoms with van der Waals surface area (Å²) in [6, 6.07) is 0. The first-order valence-electron chi connectivity index (χ1n) is 1.40. The largest absolute Gasteiger partial charge is 0.393 e. The van der Waals surface area contributed by atoms with Crippen molar-refractivity contribution in [1.29, 1.82) is 0 Å². The van der Waals surface area contributed by atoms with Crippen LogP contribution in [0.2, 0.25) is 0 Å². The molecule has 0 heterocycles. The fourth-order valence-electron chi connectivity index (χ4n) is 0.0333. The summed E-state index contributed by atoms with van der Waals surface area (Å²) >= 11 is 3.60. The highest BCUT2D eigenvalue weighted by molar-refractivity contribution is 8.68. The minimum atomic E-state index is -0.728. The predicted octanol–water partition coefficient (Wildman–Crippen LogP) is -0.125. The van der Waals surface area contributed by atoms with Gasteiger partial charge in [-0.25, -0.2) is 0 Å². The van der Waals surface area contributed by atoms with Gasteiger partial charge in [-0.1, -0.05) is 10.8 Å². The first-order chi connectivity index (χ1) is 2.81. The summed E-state index contributed by atoms with van der Waals surface area (Å²) in [6.07, 6.45) is 0. The molecule has 0 fully saturated rings. The SMILES string of the molecule is OCC(O)SS. The van der Waals surface area contributed by atoms with E-state index in [1.165, 1.54) is 0 Å². The van der Waals surface area contributed by atoms with E-state index in [4.69, 9.17) is 10.2 Å². The lowest BCUT2D eigenvalue weighted by molar-refractivity contribution is 0.161. The molecule has 6 heavy (non-hydrogen) atoms. The van der Waals surface area contributed by atoms with Crippen molar-refractivity contribution in [2.24, 2.45) is 0 Å². The molecule has 0 aliphatic heterocycles. The van der Waals surface area contributed by atoms with E-state index in [1.807, 2.05) is 0 Å². The zero-order valence-electron chi connectivity index (χ0n) is 3.03. The van der Waals surface area contributed by atoms with Gasteiger partial charge in [0.15, 0.2) is 0 Å². The maximum Gasteiger partial charge on any atom is 0.132 e. The summed E-state index contributed by atoms with van der Waals surface area (Å²) in [5, 5.41) is 16.3.